The van der Waals surface area contributed by atoms with Crippen molar-refractivity contribution in [1.29, 1.82) is 15.8 Å². The molecule has 15 heteroatoms. The average molecular weight is 811 g/mol. The van der Waals surface area contributed by atoms with Crippen LogP contribution < -0.4 is 5.32 Å². The summed E-state index contributed by atoms with van der Waals surface area (Å²) in [6.07, 6.45) is 9.93. The maximum absolute atomic E-state index is 12.3. The number of hydrogen-bond donors (Lipinski definition) is 1. The van der Waals surface area contributed by atoms with E-state index in [1.807, 2.05) is 73.6 Å². The van der Waals surface area contributed by atoms with Gasteiger partial charge in [-0.05, 0) is 43.6 Å². The maximum atomic E-state index is 12.3. The Morgan fingerprint density at radius 3 is 1.18 bits per heavy atom. The number of ketones is 3. The highest BCUT2D eigenvalue weighted by Crippen LogP contribution is 2.54. The number of rotatable bonds is 2. The first-order valence-electron chi connectivity index (χ1n) is 19.1. The van der Waals surface area contributed by atoms with Gasteiger partial charge in [0, 0.05) is 65.2 Å². The van der Waals surface area contributed by atoms with Crippen molar-refractivity contribution in [2.24, 2.45) is 50.2 Å². The summed E-state index contributed by atoms with van der Waals surface area (Å²) in [6, 6.07) is 5.98. The highest BCUT2D eigenvalue weighted by atomic mass is 32.2. The van der Waals surface area contributed by atoms with Crippen LogP contribution in [0.1, 0.15) is 81.6 Å². The molecular formula is C41H58N6O7S2. The topological polar surface area (TPSA) is 209 Å². The molecule has 306 valence electrons. The summed E-state index contributed by atoms with van der Waals surface area (Å²) >= 11 is 0. The van der Waals surface area contributed by atoms with Crippen LogP contribution in [-0.2, 0) is 34.4 Å². The van der Waals surface area contributed by atoms with Crippen LogP contribution in [0.2, 0.25) is 0 Å². The van der Waals surface area contributed by atoms with E-state index in [4.69, 9.17) is 15.8 Å². The molecule has 3 saturated heterocycles. The summed E-state index contributed by atoms with van der Waals surface area (Å²) in [7, 11) is -6.51. The molecule has 6 rings (SSSR count). The van der Waals surface area contributed by atoms with Crippen molar-refractivity contribution in [3.63, 3.8) is 0 Å². The molecule has 0 radical (unpaired) electrons. The molecule has 13 nitrogen and oxygen atoms in total. The van der Waals surface area contributed by atoms with Crippen LogP contribution in [0.4, 0.5) is 0 Å². The van der Waals surface area contributed by atoms with Gasteiger partial charge < -0.3 is 5.32 Å². The fourth-order valence-electron chi connectivity index (χ4n) is 10.9. The van der Waals surface area contributed by atoms with Crippen LogP contribution >= 0.6 is 0 Å². The number of allylic oxidation sites excluding steroid dienone is 3. The quantitative estimate of drug-likeness (QED) is 0.415. The Balaban J connectivity index is 0.000000188. The molecule has 0 bridgehead atoms. The van der Waals surface area contributed by atoms with Crippen molar-refractivity contribution >= 4 is 37.4 Å². The van der Waals surface area contributed by atoms with Gasteiger partial charge in [-0.3, -0.25) is 14.4 Å². The molecule has 0 spiro atoms. The number of nitriles is 3. The van der Waals surface area contributed by atoms with E-state index in [-0.39, 0.29) is 45.7 Å². The van der Waals surface area contributed by atoms with Crippen LogP contribution in [0, 0.1) is 84.2 Å². The summed E-state index contributed by atoms with van der Waals surface area (Å²) in [6.45, 7) is 20.8. The molecule has 56 heavy (non-hydrogen) atoms. The Kier molecular flexibility index (Phi) is 12.1. The highest BCUT2D eigenvalue weighted by Gasteiger charge is 2.56. The molecule has 3 heterocycles. The van der Waals surface area contributed by atoms with Crippen LogP contribution in [0.25, 0.3) is 0 Å². The number of piperidine rings is 3. The SMILES string of the molecule is CC1(C)C(=O)C(C#N)=C[C@@]2(C)CN(S(C)(=O)=O)CC[C@H]12.CC1(C)C(=O)C(C#N)=C[C@]2(C)CN(S(C)(=O)=O)CC[C@@H]12.CC1(C)C(=O)C(C#N)=C[C@]2(C)CNCC[C@@H]12. The van der Waals surface area contributed by atoms with E-state index in [9.17, 15) is 31.2 Å². The maximum Gasteiger partial charge on any atom is 0.211 e. The van der Waals surface area contributed by atoms with Crippen molar-refractivity contribution < 1.29 is 31.2 Å². The molecule has 0 amide bonds. The summed E-state index contributed by atoms with van der Waals surface area (Å²) < 4.78 is 49.9. The third-order valence-electron chi connectivity index (χ3n) is 13.7. The van der Waals surface area contributed by atoms with Gasteiger partial charge in [0.1, 0.15) is 18.2 Å². The molecule has 0 aromatic carbocycles. The second kappa shape index (κ2) is 15.0. The second-order valence-corrected chi connectivity index (χ2v) is 23.0. The van der Waals surface area contributed by atoms with Crippen molar-refractivity contribution in [1.82, 2.24) is 13.9 Å². The van der Waals surface area contributed by atoms with E-state index in [1.165, 1.54) is 21.1 Å². The lowest BCUT2D eigenvalue weighted by molar-refractivity contribution is -0.131. The fraction of sp³-hybridized carbons (Fsp3) is 0.707. The Morgan fingerprint density at radius 1 is 0.571 bits per heavy atom. The number of Topliss-reactive ketones (excluding diaryl/α,β-unsaturated/α-hetero) is 3. The first kappa shape index (κ1) is 45.2. The van der Waals surface area contributed by atoms with Crippen molar-refractivity contribution in [2.45, 2.75) is 81.6 Å². The van der Waals surface area contributed by atoms with Crippen molar-refractivity contribution in [3.8, 4) is 18.2 Å². The van der Waals surface area contributed by atoms with Crippen molar-refractivity contribution in [3.05, 3.63) is 34.9 Å². The van der Waals surface area contributed by atoms with Crippen LogP contribution in [-0.4, -0.2) is 94.6 Å². The van der Waals surface area contributed by atoms with Gasteiger partial charge >= 0.3 is 0 Å². The zero-order valence-electron chi connectivity index (χ0n) is 34.7. The van der Waals surface area contributed by atoms with Gasteiger partial charge in [0.25, 0.3) is 0 Å². The number of nitrogens with zero attached hydrogens (tertiary/aromatic N) is 5. The largest absolute Gasteiger partial charge is 0.316 e. The summed E-state index contributed by atoms with van der Waals surface area (Å²) in [5.41, 5.74) is -2.00. The predicted molar refractivity (Wildman–Crippen MR) is 212 cm³/mol. The second-order valence-electron chi connectivity index (χ2n) is 19.1. The average Bonchev–Trinajstić information content (AvgIpc) is 3.09. The van der Waals surface area contributed by atoms with Gasteiger partial charge in [0.05, 0.1) is 29.2 Å². The van der Waals surface area contributed by atoms with E-state index in [2.05, 4.69) is 18.3 Å². The van der Waals surface area contributed by atoms with E-state index >= 15 is 0 Å². The number of carbonyl (C=O) groups is 3. The van der Waals surface area contributed by atoms with Crippen molar-refractivity contribution in [2.75, 3.05) is 51.8 Å². The number of carbonyl (C=O) groups excluding carboxylic acids is 3. The monoisotopic (exact) mass is 810 g/mol. The number of sulfonamides is 2. The minimum Gasteiger partial charge on any atom is -0.316 e. The number of fused-ring (bicyclic) bond motifs is 3. The van der Waals surface area contributed by atoms with Gasteiger partial charge in [-0.1, -0.05) is 80.5 Å². The predicted octanol–water partition coefficient (Wildman–Crippen LogP) is 4.33. The van der Waals surface area contributed by atoms with Crippen LogP contribution in [0.15, 0.2) is 34.9 Å². The zero-order chi connectivity index (χ0) is 42.7. The lowest BCUT2D eigenvalue weighted by Gasteiger charge is -2.52. The third-order valence-corrected chi connectivity index (χ3v) is 16.2. The first-order chi connectivity index (χ1) is 25.5. The molecule has 1 N–H and O–H groups in total. The molecule has 3 fully saturated rings. The standard InChI is InChI=1S/2C14H20N2O3S.C13H18N2O/c2*1-13(2)11-5-6-16(20(4,18)19)9-14(11,3)7-10(8-15)12(13)17;1-12(2)10-4-5-15-8-13(10,3)6-9(7-14)11(12)16/h2*7,11H,5-6,9H2,1-4H3;6,10,15H,4-5,8H2,1-3H3/t2*11-,14+;10-,13+/m100/s1. The highest BCUT2D eigenvalue weighted by molar-refractivity contribution is 7.88. The van der Waals surface area contributed by atoms with Crippen LogP contribution in [0.3, 0.4) is 0 Å². The Labute approximate surface area is 333 Å². The Hall–Kier alpha value is -3.52. The normalized spacial score (nSPS) is 35.0. The van der Waals surface area contributed by atoms with Gasteiger partial charge in [0.15, 0.2) is 17.3 Å². The summed E-state index contributed by atoms with van der Waals surface area (Å²) in [4.78, 5) is 36.8. The molecule has 3 aliphatic carbocycles. The molecule has 6 atom stereocenters. The van der Waals surface area contributed by atoms with Gasteiger partial charge in [-0.25, -0.2) is 25.4 Å². The van der Waals surface area contributed by atoms with E-state index in [0.29, 0.717) is 50.5 Å². The molecule has 0 aromatic rings. The zero-order valence-corrected chi connectivity index (χ0v) is 36.4. The van der Waals surface area contributed by atoms with Gasteiger partial charge in [0.2, 0.25) is 20.0 Å². The Morgan fingerprint density at radius 2 is 0.875 bits per heavy atom. The summed E-state index contributed by atoms with van der Waals surface area (Å²) in [5.74, 6) is 0.200. The van der Waals surface area contributed by atoms with Crippen LogP contribution in [0.5, 0.6) is 0 Å². The van der Waals surface area contributed by atoms with Gasteiger partial charge in [-0.2, -0.15) is 15.8 Å². The minimum atomic E-state index is -3.25. The lowest BCUT2D eigenvalue weighted by Crippen LogP contribution is -2.56. The van der Waals surface area contributed by atoms with E-state index in [0.717, 1.165) is 19.5 Å². The summed E-state index contributed by atoms with van der Waals surface area (Å²) in [5, 5.41) is 30.7. The molecular weight excluding hydrogens is 753 g/mol. The third kappa shape index (κ3) is 8.11. The first-order valence-corrected chi connectivity index (χ1v) is 22.8. The molecule has 6 aliphatic rings. The molecule has 0 unspecified atom stereocenters. The molecule has 3 aliphatic heterocycles. The molecule has 0 saturated carbocycles. The number of nitrogens with one attached hydrogen (secondary N) is 1. The minimum absolute atomic E-state index is 0.0133. The Bertz CT molecular complexity index is 2020. The number of hydrogen-bond acceptors (Lipinski definition) is 11. The van der Waals surface area contributed by atoms with E-state index < -0.39 is 47.1 Å². The van der Waals surface area contributed by atoms with E-state index in [1.54, 1.807) is 12.2 Å². The fourth-order valence-corrected chi connectivity index (χ4v) is 12.8. The smallest absolute Gasteiger partial charge is 0.211 e. The molecule has 0 aromatic heterocycles. The lowest BCUT2D eigenvalue weighted by atomic mass is 9.55. The van der Waals surface area contributed by atoms with Gasteiger partial charge in [-0.15, -0.1) is 0 Å².